The predicted octanol–water partition coefficient (Wildman–Crippen LogP) is 5.75. The molecule has 1 N–H and O–H groups in total. The first-order chi connectivity index (χ1) is 15.3. The monoisotopic (exact) mass is 487 g/mol. The molecule has 0 amide bonds. The molecule has 0 unspecified atom stereocenters. The third kappa shape index (κ3) is 4.20. The highest BCUT2D eigenvalue weighted by molar-refractivity contribution is 6.40. The standard InChI is InChI=1S/C22H16Cl3N5O2/c1-11(2)19-18-21(30(29-19)20-15(24)8-13(23)9-16(20)25)27-17(28-22(18)32)7-12-3-5-14(6-4-12)26-10-31/h3-6,8-9,11H,7H2,1-2H3,(H,27,28,32). The van der Waals surface area contributed by atoms with Crippen molar-refractivity contribution >= 4 is 57.6 Å². The van der Waals surface area contributed by atoms with E-state index in [1.165, 1.54) is 10.8 Å². The zero-order chi connectivity index (χ0) is 23.0. The molecule has 0 saturated carbocycles. The number of nitrogens with one attached hydrogen (secondary N) is 1. The lowest BCUT2D eigenvalue weighted by molar-refractivity contribution is 0.565. The van der Waals surface area contributed by atoms with E-state index >= 15 is 0 Å². The van der Waals surface area contributed by atoms with Crippen LogP contribution in [0.4, 0.5) is 5.69 Å². The number of halogens is 3. The van der Waals surface area contributed by atoms with Gasteiger partial charge in [-0.1, -0.05) is 60.8 Å². The van der Waals surface area contributed by atoms with Gasteiger partial charge in [0.15, 0.2) is 5.65 Å². The molecule has 0 aliphatic carbocycles. The van der Waals surface area contributed by atoms with Crippen LogP contribution in [0, 0.1) is 0 Å². The molecule has 162 valence electrons. The Morgan fingerprint density at radius 3 is 2.38 bits per heavy atom. The highest BCUT2D eigenvalue weighted by Gasteiger charge is 2.22. The van der Waals surface area contributed by atoms with Crippen LogP contribution in [0.15, 0.2) is 46.2 Å². The van der Waals surface area contributed by atoms with Gasteiger partial charge in [-0.05, 0) is 35.7 Å². The summed E-state index contributed by atoms with van der Waals surface area (Å²) < 4.78 is 1.49. The number of nitrogens with zero attached hydrogens (tertiary/aromatic N) is 4. The second kappa shape index (κ2) is 8.88. The number of H-pyrrole nitrogens is 1. The fourth-order valence-corrected chi connectivity index (χ4v) is 4.39. The predicted molar refractivity (Wildman–Crippen MR) is 126 cm³/mol. The molecule has 0 radical (unpaired) electrons. The summed E-state index contributed by atoms with van der Waals surface area (Å²) in [6.07, 6.45) is 1.85. The molecule has 0 aliphatic heterocycles. The lowest BCUT2D eigenvalue weighted by Gasteiger charge is -2.09. The average Bonchev–Trinajstić information content (AvgIpc) is 3.09. The summed E-state index contributed by atoms with van der Waals surface area (Å²) in [4.78, 5) is 34.5. The van der Waals surface area contributed by atoms with Gasteiger partial charge in [0.1, 0.15) is 16.9 Å². The van der Waals surface area contributed by atoms with Crippen molar-refractivity contribution in [2.45, 2.75) is 26.2 Å². The number of benzene rings is 2. The second-order valence-electron chi connectivity index (χ2n) is 7.43. The van der Waals surface area contributed by atoms with Crippen LogP contribution < -0.4 is 5.56 Å². The van der Waals surface area contributed by atoms with Crippen LogP contribution in [0.3, 0.4) is 0 Å². The Hall–Kier alpha value is -2.96. The summed E-state index contributed by atoms with van der Waals surface area (Å²) in [6.45, 7) is 3.88. The number of isocyanates is 1. The van der Waals surface area contributed by atoms with Gasteiger partial charge in [0.05, 0.1) is 21.4 Å². The quantitative estimate of drug-likeness (QED) is 0.286. The molecule has 4 aromatic rings. The van der Waals surface area contributed by atoms with Gasteiger partial charge >= 0.3 is 0 Å². The first kappa shape index (κ1) is 22.2. The minimum atomic E-state index is -0.302. The van der Waals surface area contributed by atoms with Crippen LogP contribution in [-0.4, -0.2) is 25.8 Å². The maximum Gasteiger partial charge on any atom is 0.262 e. The van der Waals surface area contributed by atoms with Crippen LogP contribution in [-0.2, 0) is 11.2 Å². The van der Waals surface area contributed by atoms with Crippen molar-refractivity contribution in [1.29, 1.82) is 0 Å². The highest BCUT2D eigenvalue weighted by atomic mass is 35.5. The maximum absolute atomic E-state index is 13.0. The van der Waals surface area contributed by atoms with Gasteiger partial charge in [-0.25, -0.2) is 14.5 Å². The fraction of sp³-hybridized carbons (Fsp3) is 0.182. The molecule has 10 heteroatoms. The summed E-state index contributed by atoms with van der Waals surface area (Å²) in [6, 6.07) is 10.1. The number of aromatic nitrogens is 4. The van der Waals surface area contributed by atoms with Crippen molar-refractivity contribution in [3.8, 4) is 5.69 Å². The minimum Gasteiger partial charge on any atom is -0.310 e. The van der Waals surface area contributed by atoms with Gasteiger partial charge in [-0.2, -0.15) is 10.1 Å². The Morgan fingerprint density at radius 2 is 1.78 bits per heavy atom. The average molecular weight is 489 g/mol. The minimum absolute atomic E-state index is 0.0386. The van der Waals surface area contributed by atoms with E-state index in [1.807, 2.05) is 13.8 Å². The zero-order valence-electron chi connectivity index (χ0n) is 17.0. The molecule has 7 nitrogen and oxygen atoms in total. The summed E-state index contributed by atoms with van der Waals surface area (Å²) in [5, 5.41) is 5.97. The maximum atomic E-state index is 13.0. The molecule has 2 aromatic heterocycles. The van der Waals surface area contributed by atoms with Crippen LogP contribution in [0.2, 0.25) is 15.1 Å². The van der Waals surface area contributed by atoms with E-state index in [-0.39, 0.29) is 21.5 Å². The lowest BCUT2D eigenvalue weighted by atomic mass is 10.1. The van der Waals surface area contributed by atoms with Crippen molar-refractivity contribution < 1.29 is 4.79 Å². The number of hydrogen-bond acceptors (Lipinski definition) is 5. The number of fused-ring (bicyclic) bond motifs is 1. The van der Waals surface area contributed by atoms with Crippen LogP contribution >= 0.6 is 34.8 Å². The Kier molecular flexibility index (Phi) is 6.17. The van der Waals surface area contributed by atoms with Gasteiger partial charge < -0.3 is 4.98 Å². The Labute approximate surface area is 197 Å². The lowest BCUT2D eigenvalue weighted by Crippen LogP contribution is -2.14. The van der Waals surface area contributed by atoms with E-state index < -0.39 is 0 Å². The number of aromatic amines is 1. The van der Waals surface area contributed by atoms with Gasteiger partial charge in [0.2, 0.25) is 6.08 Å². The van der Waals surface area contributed by atoms with Gasteiger partial charge in [0, 0.05) is 11.4 Å². The molecule has 0 atom stereocenters. The van der Waals surface area contributed by atoms with E-state index in [9.17, 15) is 9.59 Å². The number of aliphatic imine (C=N–C) groups is 1. The molecular weight excluding hydrogens is 473 g/mol. The number of hydrogen-bond donors (Lipinski definition) is 1. The van der Waals surface area contributed by atoms with Crippen molar-refractivity contribution in [2.75, 3.05) is 0 Å². The van der Waals surface area contributed by atoms with E-state index in [4.69, 9.17) is 34.8 Å². The molecule has 4 rings (SSSR count). The molecule has 0 bridgehead atoms. The summed E-state index contributed by atoms with van der Waals surface area (Å²) in [7, 11) is 0. The van der Waals surface area contributed by atoms with E-state index in [0.29, 0.717) is 45.4 Å². The topological polar surface area (TPSA) is 93.0 Å². The van der Waals surface area contributed by atoms with E-state index in [0.717, 1.165) is 5.56 Å². The van der Waals surface area contributed by atoms with E-state index in [1.54, 1.807) is 36.4 Å². The largest absolute Gasteiger partial charge is 0.310 e. The fourth-order valence-electron chi connectivity index (χ4n) is 3.41. The summed E-state index contributed by atoms with van der Waals surface area (Å²) in [5.41, 5.74) is 2.39. The van der Waals surface area contributed by atoms with Crippen molar-refractivity contribution in [3.05, 3.63) is 78.9 Å². The zero-order valence-corrected chi connectivity index (χ0v) is 19.3. The Balaban J connectivity index is 1.89. The normalized spacial score (nSPS) is 11.2. The van der Waals surface area contributed by atoms with Gasteiger partial charge in [-0.15, -0.1) is 0 Å². The third-order valence-corrected chi connectivity index (χ3v) is 5.63. The van der Waals surface area contributed by atoms with Crippen molar-refractivity contribution in [3.63, 3.8) is 0 Å². The highest BCUT2D eigenvalue weighted by Crippen LogP contribution is 2.34. The first-order valence-electron chi connectivity index (χ1n) is 9.62. The summed E-state index contributed by atoms with van der Waals surface area (Å²) in [5.74, 6) is 0.398. The molecule has 0 fully saturated rings. The van der Waals surface area contributed by atoms with E-state index in [2.05, 4.69) is 20.1 Å². The molecule has 32 heavy (non-hydrogen) atoms. The van der Waals surface area contributed by atoms with Gasteiger partial charge in [-0.3, -0.25) is 4.79 Å². The third-order valence-electron chi connectivity index (χ3n) is 4.84. The molecule has 0 saturated heterocycles. The summed E-state index contributed by atoms with van der Waals surface area (Å²) >= 11 is 18.9. The molecule has 0 aliphatic rings. The molecular formula is C22H16Cl3N5O2. The number of rotatable bonds is 5. The second-order valence-corrected chi connectivity index (χ2v) is 8.68. The van der Waals surface area contributed by atoms with Crippen LogP contribution in [0.5, 0.6) is 0 Å². The molecule has 2 aromatic carbocycles. The number of carbonyl (C=O) groups excluding carboxylic acids is 1. The van der Waals surface area contributed by atoms with Gasteiger partial charge in [0.25, 0.3) is 5.56 Å². The van der Waals surface area contributed by atoms with Crippen LogP contribution in [0.1, 0.15) is 36.8 Å². The first-order valence-corrected chi connectivity index (χ1v) is 10.8. The van der Waals surface area contributed by atoms with Crippen molar-refractivity contribution in [2.24, 2.45) is 4.99 Å². The smallest absolute Gasteiger partial charge is 0.262 e. The molecule has 2 heterocycles. The molecule has 0 spiro atoms. The van der Waals surface area contributed by atoms with Crippen LogP contribution in [0.25, 0.3) is 16.7 Å². The Bertz CT molecular complexity index is 1410. The Morgan fingerprint density at radius 1 is 1.12 bits per heavy atom. The SMILES string of the molecule is CC(C)c1nn(-c2c(Cl)cc(Cl)cc2Cl)c2nc(Cc3ccc(N=C=O)cc3)[nH]c(=O)c12. The van der Waals surface area contributed by atoms with Crippen molar-refractivity contribution in [1.82, 2.24) is 19.7 Å².